The van der Waals surface area contributed by atoms with Crippen LogP contribution in [0.2, 0.25) is 0 Å². The van der Waals surface area contributed by atoms with Crippen LogP contribution < -0.4 is 5.32 Å². The van der Waals surface area contributed by atoms with Gasteiger partial charge in [-0.1, -0.05) is 36.6 Å². The molecule has 194 valence electrons. The largest absolute Gasteiger partial charge is 0.480 e. The van der Waals surface area contributed by atoms with Crippen LogP contribution >= 0.6 is 0 Å². The molecule has 3 aliphatic rings. The van der Waals surface area contributed by atoms with Gasteiger partial charge in [-0.15, -0.1) is 0 Å². The molecule has 7 nitrogen and oxygen atoms in total. The highest BCUT2D eigenvalue weighted by Crippen LogP contribution is 2.43. The Morgan fingerprint density at radius 2 is 2.11 bits per heavy atom. The van der Waals surface area contributed by atoms with E-state index in [9.17, 15) is 9.90 Å². The number of aryl methyl sites for hydroxylation is 2. The second-order valence-corrected chi connectivity index (χ2v) is 11.1. The highest BCUT2D eigenvalue weighted by atomic mass is 16.5. The summed E-state index contributed by atoms with van der Waals surface area (Å²) in [6.07, 6.45) is 8.76. The Morgan fingerprint density at radius 3 is 2.92 bits per heavy atom. The van der Waals surface area contributed by atoms with E-state index in [4.69, 9.17) is 9.47 Å². The van der Waals surface area contributed by atoms with Crippen molar-refractivity contribution in [2.45, 2.75) is 89.7 Å². The molecule has 4 heterocycles. The number of carbonyl (C=O) groups is 1. The van der Waals surface area contributed by atoms with Gasteiger partial charge in [0.25, 0.3) is 0 Å². The molecule has 2 atom stereocenters. The van der Waals surface area contributed by atoms with Crippen LogP contribution in [0.5, 0.6) is 0 Å². The number of carboxylic acids is 1. The lowest BCUT2D eigenvalue weighted by molar-refractivity contribution is -0.151. The van der Waals surface area contributed by atoms with Crippen molar-refractivity contribution in [2.75, 3.05) is 25.0 Å². The Bertz CT molecular complexity index is 1100. The van der Waals surface area contributed by atoms with Gasteiger partial charge in [-0.05, 0) is 74.8 Å². The standard InChI is InChI=1S/C29H39N3O4/c1-19-14-21-18-36-29(2,3)25(21)24(15-19)26(28(33)34)32-16-23(17-32)35-13-6-4-5-9-22-11-10-20-8-7-12-30-27(20)31-22/h7-8,12,14-15,22-23,26H,4-6,9-11,13,16-18H2,1-3H3,(H,30,31)(H,33,34)/t22-,26?/m1/s1. The molecule has 0 aliphatic carbocycles. The fraction of sp³-hybridized carbons (Fsp3) is 0.586. The number of rotatable bonds is 10. The Balaban J connectivity index is 1.05. The minimum Gasteiger partial charge on any atom is -0.480 e. The lowest BCUT2D eigenvalue weighted by Gasteiger charge is -2.43. The van der Waals surface area contributed by atoms with Crippen molar-refractivity contribution < 1.29 is 19.4 Å². The highest BCUT2D eigenvalue weighted by Gasteiger charge is 2.43. The Labute approximate surface area is 214 Å². The van der Waals surface area contributed by atoms with Crippen molar-refractivity contribution in [2.24, 2.45) is 0 Å². The number of nitrogens with zero attached hydrogens (tertiary/aromatic N) is 2. The molecule has 2 aromatic rings. The van der Waals surface area contributed by atoms with E-state index in [1.54, 1.807) is 0 Å². The van der Waals surface area contributed by atoms with E-state index >= 15 is 0 Å². The average molecular weight is 494 g/mol. The zero-order valence-corrected chi connectivity index (χ0v) is 21.8. The third-order valence-corrected chi connectivity index (χ3v) is 7.90. The maximum absolute atomic E-state index is 12.4. The first-order chi connectivity index (χ1) is 17.3. The van der Waals surface area contributed by atoms with Crippen LogP contribution in [0.25, 0.3) is 0 Å². The number of ether oxygens (including phenoxy) is 2. The summed E-state index contributed by atoms with van der Waals surface area (Å²) in [6, 6.07) is 8.16. The van der Waals surface area contributed by atoms with Crippen LogP contribution in [-0.2, 0) is 32.9 Å². The number of hydrogen-bond acceptors (Lipinski definition) is 6. The fourth-order valence-corrected chi connectivity index (χ4v) is 6.06. The van der Waals surface area contributed by atoms with Crippen LogP contribution in [0.4, 0.5) is 5.82 Å². The van der Waals surface area contributed by atoms with Gasteiger partial charge in [-0.2, -0.15) is 0 Å². The van der Waals surface area contributed by atoms with Gasteiger partial charge in [0.2, 0.25) is 0 Å². The van der Waals surface area contributed by atoms with Gasteiger partial charge in [0.15, 0.2) is 0 Å². The summed E-state index contributed by atoms with van der Waals surface area (Å²) in [5.74, 6) is 0.246. The monoisotopic (exact) mass is 493 g/mol. The Hall–Kier alpha value is -2.48. The first-order valence-electron chi connectivity index (χ1n) is 13.4. The van der Waals surface area contributed by atoms with E-state index in [1.165, 1.54) is 18.4 Å². The van der Waals surface area contributed by atoms with Crippen LogP contribution in [-0.4, -0.2) is 52.8 Å². The van der Waals surface area contributed by atoms with E-state index in [2.05, 4.69) is 22.4 Å². The van der Waals surface area contributed by atoms with Gasteiger partial charge in [0.1, 0.15) is 11.9 Å². The summed E-state index contributed by atoms with van der Waals surface area (Å²) in [5.41, 5.74) is 4.95. The summed E-state index contributed by atoms with van der Waals surface area (Å²) in [5, 5.41) is 13.7. The molecular formula is C29H39N3O4. The predicted octanol–water partition coefficient (Wildman–Crippen LogP) is 4.97. The van der Waals surface area contributed by atoms with Gasteiger partial charge in [-0.3, -0.25) is 9.69 Å². The molecule has 1 aromatic heterocycles. The minimum absolute atomic E-state index is 0.108. The van der Waals surface area contributed by atoms with Crippen LogP contribution in [0.15, 0.2) is 30.5 Å². The van der Waals surface area contributed by atoms with Crippen molar-refractivity contribution >= 4 is 11.8 Å². The number of aromatic nitrogens is 1. The van der Waals surface area contributed by atoms with Crippen LogP contribution in [0.3, 0.4) is 0 Å². The van der Waals surface area contributed by atoms with E-state index in [-0.39, 0.29) is 6.10 Å². The molecule has 0 saturated carbocycles. The molecule has 0 amide bonds. The number of benzene rings is 1. The second-order valence-electron chi connectivity index (χ2n) is 11.1. The Morgan fingerprint density at radius 1 is 1.28 bits per heavy atom. The quantitative estimate of drug-likeness (QED) is 0.452. The maximum atomic E-state index is 12.4. The number of anilines is 1. The smallest absolute Gasteiger partial charge is 0.325 e. The molecule has 36 heavy (non-hydrogen) atoms. The predicted molar refractivity (Wildman–Crippen MR) is 139 cm³/mol. The molecule has 7 heteroatoms. The molecule has 1 fully saturated rings. The number of carboxylic acid groups (broad SMARTS) is 1. The lowest BCUT2D eigenvalue weighted by Crippen LogP contribution is -2.55. The summed E-state index contributed by atoms with van der Waals surface area (Å²) >= 11 is 0. The number of fused-ring (bicyclic) bond motifs is 2. The summed E-state index contributed by atoms with van der Waals surface area (Å²) in [4.78, 5) is 18.8. The second kappa shape index (κ2) is 10.5. The van der Waals surface area contributed by atoms with Crippen molar-refractivity contribution in [3.8, 4) is 0 Å². The molecule has 1 unspecified atom stereocenters. The van der Waals surface area contributed by atoms with E-state index in [1.807, 2.05) is 44.0 Å². The topological polar surface area (TPSA) is 83.9 Å². The van der Waals surface area contributed by atoms with Crippen molar-refractivity contribution in [3.05, 3.63) is 58.3 Å². The Kier molecular flexibility index (Phi) is 7.33. The SMILES string of the molecule is Cc1cc2c(c(C(C(=O)O)N3CC(OCCCCC[C@@H]4CCc5cccnc5N4)C3)c1)C(C)(C)OC2. The molecule has 3 aliphatic heterocycles. The van der Waals surface area contributed by atoms with E-state index in [0.717, 1.165) is 60.4 Å². The number of aliphatic carboxylic acids is 1. The third kappa shape index (κ3) is 5.29. The molecule has 0 bridgehead atoms. The molecule has 2 N–H and O–H groups in total. The van der Waals surface area contributed by atoms with Gasteiger partial charge < -0.3 is 19.9 Å². The van der Waals surface area contributed by atoms with E-state index < -0.39 is 17.6 Å². The molecule has 1 saturated heterocycles. The molecule has 0 radical (unpaired) electrons. The summed E-state index contributed by atoms with van der Waals surface area (Å²) < 4.78 is 12.1. The minimum atomic E-state index is -0.807. The fourth-order valence-electron chi connectivity index (χ4n) is 6.06. The molecule has 0 spiro atoms. The number of unbranched alkanes of at least 4 members (excludes halogenated alkanes) is 2. The van der Waals surface area contributed by atoms with Crippen LogP contribution in [0.1, 0.15) is 79.8 Å². The molecule has 1 aromatic carbocycles. The number of hydrogen-bond donors (Lipinski definition) is 2. The van der Waals surface area contributed by atoms with Gasteiger partial charge in [-0.25, -0.2) is 4.98 Å². The number of nitrogens with one attached hydrogen (secondary N) is 1. The first-order valence-corrected chi connectivity index (χ1v) is 13.4. The van der Waals surface area contributed by atoms with Crippen molar-refractivity contribution in [1.82, 2.24) is 9.88 Å². The molecular weight excluding hydrogens is 454 g/mol. The van der Waals surface area contributed by atoms with Crippen molar-refractivity contribution in [3.63, 3.8) is 0 Å². The summed E-state index contributed by atoms with van der Waals surface area (Å²) in [6.45, 7) is 8.65. The third-order valence-electron chi connectivity index (χ3n) is 7.90. The zero-order chi connectivity index (χ0) is 25.3. The van der Waals surface area contributed by atoms with Gasteiger partial charge in [0.05, 0.1) is 18.3 Å². The molecule has 5 rings (SSSR count). The number of likely N-dealkylation sites (tertiary alicyclic amines) is 1. The highest BCUT2D eigenvalue weighted by molar-refractivity contribution is 5.77. The van der Waals surface area contributed by atoms with Gasteiger partial charge >= 0.3 is 5.97 Å². The van der Waals surface area contributed by atoms with E-state index in [0.29, 0.717) is 25.7 Å². The lowest BCUT2D eigenvalue weighted by atomic mass is 9.85. The number of pyridine rings is 1. The van der Waals surface area contributed by atoms with Crippen LogP contribution in [0, 0.1) is 6.92 Å². The zero-order valence-electron chi connectivity index (χ0n) is 21.8. The first kappa shape index (κ1) is 25.2. The van der Waals surface area contributed by atoms with Crippen molar-refractivity contribution in [1.29, 1.82) is 0 Å². The average Bonchev–Trinajstić information content (AvgIpc) is 3.12. The maximum Gasteiger partial charge on any atom is 0.325 e. The summed E-state index contributed by atoms with van der Waals surface area (Å²) in [7, 11) is 0. The normalized spacial score (nSPS) is 21.8. The van der Waals surface area contributed by atoms with Gasteiger partial charge in [0, 0.05) is 31.9 Å².